The Morgan fingerprint density at radius 3 is 2.78 bits per heavy atom. The van der Waals surface area contributed by atoms with E-state index in [2.05, 4.69) is 27.4 Å². The normalized spacial score (nSPS) is 12.2. The minimum Gasteiger partial charge on any atom is -0.337 e. The Morgan fingerprint density at radius 2 is 2.09 bits per heavy atom. The fraction of sp³-hybridized carbons (Fsp3) is 0.412. The Morgan fingerprint density at radius 1 is 1.35 bits per heavy atom. The van der Waals surface area contributed by atoms with Crippen LogP contribution in [0.5, 0.6) is 0 Å². The number of likely N-dealkylation sites (N-methyl/N-ethyl adjacent to an activating group) is 1. The molecule has 0 aliphatic carbocycles. The van der Waals surface area contributed by atoms with Crippen molar-refractivity contribution in [3.63, 3.8) is 0 Å². The third-order valence-electron chi connectivity index (χ3n) is 3.63. The van der Waals surface area contributed by atoms with Crippen molar-refractivity contribution in [2.75, 3.05) is 26.7 Å². The summed E-state index contributed by atoms with van der Waals surface area (Å²) in [5.41, 5.74) is 2.04. The molecule has 1 heterocycles. The molecule has 0 bridgehead atoms. The van der Waals surface area contributed by atoms with Crippen molar-refractivity contribution in [2.24, 2.45) is 0 Å². The molecule has 2 rings (SSSR count). The van der Waals surface area contributed by atoms with E-state index in [9.17, 15) is 4.79 Å². The van der Waals surface area contributed by atoms with E-state index in [1.165, 1.54) is 0 Å². The Balaban J connectivity index is 1.85. The molecule has 0 spiro atoms. The van der Waals surface area contributed by atoms with Gasteiger partial charge >= 0.3 is 6.03 Å². The fourth-order valence-corrected chi connectivity index (χ4v) is 2.89. The molecule has 0 radical (unpaired) electrons. The van der Waals surface area contributed by atoms with Crippen LogP contribution < -0.4 is 10.6 Å². The summed E-state index contributed by atoms with van der Waals surface area (Å²) in [5.74, 6) is 0. The van der Waals surface area contributed by atoms with Gasteiger partial charge in [0.2, 0.25) is 0 Å². The van der Waals surface area contributed by atoms with Gasteiger partial charge in [0.1, 0.15) is 5.01 Å². The quantitative estimate of drug-likeness (QED) is 0.819. The Kier molecular flexibility index (Phi) is 6.55. The second kappa shape index (κ2) is 8.64. The van der Waals surface area contributed by atoms with E-state index >= 15 is 0 Å². The van der Waals surface area contributed by atoms with Crippen LogP contribution in [0.2, 0.25) is 0 Å². The van der Waals surface area contributed by atoms with Gasteiger partial charge in [-0.3, -0.25) is 0 Å². The topological polar surface area (TPSA) is 57.3 Å². The zero-order valence-corrected chi connectivity index (χ0v) is 14.7. The van der Waals surface area contributed by atoms with Crippen LogP contribution in [0.4, 0.5) is 4.79 Å². The summed E-state index contributed by atoms with van der Waals surface area (Å²) in [6.45, 7) is 6.49. The largest absolute Gasteiger partial charge is 0.337 e. The highest BCUT2D eigenvalue weighted by Gasteiger charge is 2.13. The molecule has 2 N–H and O–H groups in total. The molecule has 5 nitrogen and oxygen atoms in total. The fourth-order valence-electron chi connectivity index (χ4n) is 2.06. The van der Waals surface area contributed by atoms with Gasteiger partial charge in [0.05, 0.1) is 11.7 Å². The van der Waals surface area contributed by atoms with E-state index in [4.69, 9.17) is 0 Å². The van der Waals surface area contributed by atoms with Crippen molar-refractivity contribution in [1.29, 1.82) is 0 Å². The van der Waals surface area contributed by atoms with Crippen LogP contribution in [0, 0.1) is 0 Å². The average molecular weight is 332 g/mol. The summed E-state index contributed by atoms with van der Waals surface area (Å²) in [6.07, 6.45) is 0. The molecule has 0 unspecified atom stereocenters. The molecule has 0 saturated heterocycles. The van der Waals surface area contributed by atoms with Gasteiger partial charge in [-0.2, -0.15) is 0 Å². The van der Waals surface area contributed by atoms with Gasteiger partial charge in [-0.1, -0.05) is 37.3 Å². The molecule has 1 aromatic carbocycles. The molecule has 6 heteroatoms. The molecule has 0 fully saturated rings. The maximum Gasteiger partial charge on any atom is 0.315 e. The summed E-state index contributed by atoms with van der Waals surface area (Å²) < 4.78 is 0. The first-order valence-corrected chi connectivity index (χ1v) is 8.72. The van der Waals surface area contributed by atoms with Crippen LogP contribution in [-0.4, -0.2) is 42.6 Å². The predicted molar refractivity (Wildman–Crippen MR) is 95.7 cm³/mol. The Labute approximate surface area is 141 Å². The van der Waals surface area contributed by atoms with E-state index in [-0.39, 0.29) is 12.1 Å². The van der Waals surface area contributed by atoms with E-state index in [1.54, 1.807) is 11.3 Å². The van der Waals surface area contributed by atoms with Crippen molar-refractivity contribution < 1.29 is 4.79 Å². The SMILES string of the molecule is CCN(C)CCNC(=O)N[C@@H](C)c1nc(-c2ccccc2)cs1. The third kappa shape index (κ3) is 5.33. The third-order valence-corrected chi connectivity index (χ3v) is 4.66. The standard InChI is InChI=1S/C17H24N4OS/c1-4-21(3)11-10-18-17(22)19-13(2)16-20-15(12-23-16)14-8-6-5-7-9-14/h5-9,12-13H,4,10-11H2,1-3H3,(H2,18,19,22)/t13-/m0/s1. The summed E-state index contributed by atoms with van der Waals surface area (Å²) >= 11 is 1.56. The summed E-state index contributed by atoms with van der Waals surface area (Å²) in [7, 11) is 2.03. The first-order chi connectivity index (χ1) is 11.1. The van der Waals surface area contributed by atoms with Crippen LogP contribution in [0.15, 0.2) is 35.7 Å². The highest BCUT2D eigenvalue weighted by atomic mass is 32.1. The monoisotopic (exact) mass is 332 g/mol. The smallest absolute Gasteiger partial charge is 0.315 e. The van der Waals surface area contributed by atoms with Crippen LogP contribution in [0.1, 0.15) is 24.9 Å². The van der Waals surface area contributed by atoms with E-state index in [0.29, 0.717) is 6.54 Å². The number of carbonyl (C=O) groups is 1. The van der Waals surface area contributed by atoms with Gasteiger partial charge in [0.15, 0.2) is 0 Å². The zero-order valence-electron chi connectivity index (χ0n) is 13.9. The number of aromatic nitrogens is 1. The first-order valence-electron chi connectivity index (χ1n) is 7.84. The number of carbonyl (C=O) groups excluding carboxylic acids is 1. The van der Waals surface area contributed by atoms with Crippen molar-refractivity contribution in [3.8, 4) is 11.3 Å². The minimum atomic E-state index is -0.154. The van der Waals surface area contributed by atoms with Crippen LogP contribution >= 0.6 is 11.3 Å². The van der Waals surface area contributed by atoms with Crippen molar-refractivity contribution in [3.05, 3.63) is 40.7 Å². The van der Waals surface area contributed by atoms with Crippen molar-refractivity contribution in [1.82, 2.24) is 20.5 Å². The number of benzene rings is 1. The highest BCUT2D eigenvalue weighted by Crippen LogP contribution is 2.25. The van der Waals surface area contributed by atoms with E-state index in [1.807, 2.05) is 49.7 Å². The first kappa shape index (κ1) is 17.4. The van der Waals surface area contributed by atoms with Crippen LogP contribution in [-0.2, 0) is 0 Å². The lowest BCUT2D eigenvalue weighted by Crippen LogP contribution is -2.40. The predicted octanol–water partition coefficient (Wildman–Crippen LogP) is 3.12. The molecule has 1 aromatic heterocycles. The second-order valence-electron chi connectivity index (χ2n) is 5.45. The lowest BCUT2D eigenvalue weighted by Gasteiger charge is -2.16. The number of thiazole rings is 1. The number of nitrogens with one attached hydrogen (secondary N) is 2. The number of nitrogens with zero attached hydrogens (tertiary/aromatic N) is 2. The van der Waals surface area contributed by atoms with Gasteiger partial charge in [-0.05, 0) is 20.5 Å². The van der Waals surface area contributed by atoms with E-state index in [0.717, 1.165) is 29.4 Å². The molecule has 124 valence electrons. The Hall–Kier alpha value is -1.92. The lowest BCUT2D eigenvalue weighted by atomic mass is 10.2. The zero-order chi connectivity index (χ0) is 16.7. The summed E-state index contributed by atoms with van der Waals surface area (Å²) in [5, 5.41) is 8.74. The van der Waals surface area contributed by atoms with Gasteiger partial charge in [-0.15, -0.1) is 11.3 Å². The molecule has 2 aromatic rings. The highest BCUT2D eigenvalue weighted by molar-refractivity contribution is 7.10. The second-order valence-corrected chi connectivity index (χ2v) is 6.34. The maximum atomic E-state index is 11.9. The molecule has 2 amide bonds. The summed E-state index contributed by atoms with van der Waals surface area (Å²) in [4.78, 5) is 18.7. The molecule has 0 aliphatic heterocycles. The minimum absolute atomic E-state index is 0.110. The molecule has 0 aliphatic rings. The number of hydrogen-bond acceptors (Lipinski definition) is 4. The molecule has 23 heavy (non-hydrogen) atoms. The van der Waals surface area contributed by atoms with Crippen LogP contribution in [0.3, 0.4) is 0 Å². The summed E-state index contributed by atoms with van der Waals surface area (Å²) in [6, 6.07) is 9.79. The number of urea groups is 1. The molecular formula is C17H24N4OS. The molecule has 0 saturated carbocycles. The lowest BCUT2D eigenvalue weighted by molar-refractivity contribution is 0.235. The van der Waals surface area contributed by atoms with Crippen molar-refractivity contribution in [2.45, 2.75) is 19.9 Å². The molecular weight excluding hydrogens is 308 g/mol. The number of amides is 2. The van der Waals surface area contributed by atoms with Gasteiger partial charge in [0, 0.05) is 24.0 Å². The molecule has 1 atom stereocenters. The van der Waals surface area contributed by atoms with E-state index < -0.39 is 0 Å². The average Bonchev–Trinajstić information content (AvgIpc) is 3.05. The van der Waals surface area contributed by atoms with Gasteiger partial charge in [0.25, 0.3) is 0 Å². The Bertz CT molecular complexity index is 614. The number of rotatable bonds is 7. The van der Waals surface area contributed by atoms with Crippen LogP contribution in [0.25, 0.3) is 11.3 Å². The van der Waals surface area contributed by atoms with Gasteiger partial charge in [-0.25, -0.2) is 9.78 Å². The van der Waals surface area contributed by atoms with Crippen molar-refractivity contribution >= 4 is 17.4 Å². The van der Waals surface area contributed by atoms with Gasteiger partial charge < -0.3 is 15.5 Å². The number of hydrogen-bond donors (Lipinski definition) is 2. The maximum absolute atomic E-state index is 11.9.